The minimum atomic E-state index is 0.356. The summed E-state index contributed by atoms with van der Waals surface area (Å²) >= 11 is 16.8. The molecule has 0 heterocycles. The second-order valence-corrected chi connectivity index (χ2v) is 6.78. The number of benzene rings is 2. The van der Waals surface area contributed by atoms with Crippen molar-refractivity contribution >= 4 is 57.6 Å². The van der Waals surface area contributed by atoms with Gasteiger partial charge in [-0.2, -0.15) is 0 Å². The van der Waals surface area contributed by atoms with E-state index in [1.54, 1.807) is 0 Å². The predicted octanol–water partition coefficient (Wildman–Crippen LogP) is 4.54. The van der Waals surface area contributed by atoms with E-state index in [1.165, 1.54) is 0 Å². The molecule has 0 fully saturated rings. The summed E-state index contributed by atoms with van der Waals surface area (Å²) in [6, 6.07) is 11.4. The number of hydrogen-bond acceptors (Lipinski definition) is 3. The molecule has 0 unspecified atom stereocenters. The van der Waals surface area contributed by atoms with E-state index in [-0.39, 0.29) is 0 Å². The van der Waals surface area contributed by atoms with Gasteiger partial charge in [0.15, 0.2) is 10.2 Å². The van der Waals surface area contributed by atoms with Crippen LogP contribution in [0.3, 0.4) is 0 Å². The average molecular weight is 409 g/mol. The maximum absolute atomic E-state index is 6.27. The molecule has 0 aliphatic heterocycles. The summed E-state index contributed by atoms with van der Waals surface area (Å²) in [5, 5.41) is 7.47. The van der Waals surface area contributed by atoms with Gasteiger partial charge in [0, 0.05) is 5.69 Å². The zero-order valence-corrected chi connectivity index (χ0v) is 17.2. The van der Waals surface area contributed by atoms with Crippen LogP contribution in [0, 0.1) is 13.8 Å². The molecule has 2 aromatic carbocycles. The Morgan fingerprint density at radius 3 is 2.19 bits per heavy atom. The van der Waals surface area contributed by atoms with E-state index >= 15 is 0 Å². The van der Waals surface area contributed by atoms with Gasteiger partial charge in [-0.05, 0) is 86.7 Å². The lowest BCUT2D eigenvalue weighted by Crippen LogP contribution is -2.45. The predicted molar refractivity (Wildman–Crippen MR) is 117 cm³/mol. The Kier molecular flexibility index (Phi) is 7.44. The molecule has 0 bridgehead atoms. The standard InChI is InChI=1S/C18H21ClN4OS2/c1-4-24-14-7-5-13(6-8-14)20-17(25)22-23-18(26)21-16-12(3)9-11(2)10-15(16)19/h5-10H,4H2,1-3H3,(H2,20,22,25)(H2,21,23,26). The summed E-state index contributed by atoms with van der Waals surface area (Å²) in [6.07, 6.45) is 0. The Bertz CT molecular complexity index is 773. The van der Waals surface area contributed by atoms with Crippen LogP contribution in [0.1, 0.15) is 18.1 Å². The van der Waals surface area contributed by atoms with Gasteiger partial charge >= 0.3 is 0 Å². The first-order chi connectivity index (χ1) is 12.4. The van der Waals surface area contributed by atoms with Crippen molar-refractivity contribution < 1.29 is 4.74 Å². The van der Waals surface area contributed by atoms with Gasteiger partial charge in [-0.25, -0.2) is 0 Å². The monoisotopic (exact) mass is 408 g/mol. The van der Waals surface area contributed by atoms with Crippen molar-refractivity contribution in [1.82, 2.24) is 10.9 Å². The van der Waals surface area contributed by atoms with Gasteiger partial charge in [0.2, 0.25) is 0 Å². The quantitative estimate of drug-likeness (QED) is 0.437. The third kappa shape index (κ3) is 6.01. The maximum Gasteiger partial charge on any atom is 0.189 e. The summed E-state index contributed by atoms with van der Waals surface area (Å²) in [5.74, 6) is 0.811. The molecule has 0 radical (unpaired) electrons. The molecule has 2 aromatic rings. The van der Waals surface area contributed by atoms with Gasteiger partial charge in [-0.3, -0.25) is 10.9 Å². The lowest BCUT2D eigenvalue weighted by atomic mass is 10.1. The summed E-state index contributed by atoms with van der Waals surface area (Å²) in [6.45, 7) is 6.53. The minimum Gasteiger partial charge on any atom is -0.494 e. The molecule has 5 nitrogen and oxygen atoms in total. The molecular formula is C18H21ClN4OS2. The third-order valence-electron chi connectivity index (χ3n) is 3.38. The van der Waals surface area contributed by atoms with Crippen molar-refractivity contribution in [3.8, 4) is 5.75 Å². The highest BCUT2D eigenvalue weighted by Gasteiger charge is 2.07. The number of hydrogen-bond donors (Lipinski definition) is 4. The largest absolute Gasteiger partial charge is 0.494 e. The first-order valence-electron chi connectivity index (χ1n) is 8.02. The van der Waals surface area contributed by atoms with Crippen LogP contribution in [0.15, 0.2) is 36.4 Å². The molecule has 0 saturated heterocycles. The molecular weight excluding hydrogens is 388 g/mol. The van der Waals surface area contributed by atoms with Crippen LogP contribution in [0.5, 0.6) is 5.75 Å². The van der Waals surface area contributed by atoms with E-state index in [4.69, 9.17) is 40.8 Å². The van der Waals surface area contributed by atoms with Crippen LogP contribution in [0.25, 0.3) is 0 Å². The Hall–Kier alpha value is -2.09. The first kappa shape index (κ1) is 20.2. The fourth-order valence-corrected chi connectivity index (χ4v) is 2.99. The molecule has 0 aliphatic carbocycles. The molecule has 2 rings (SSSR count). The number of nitrogens with one attached hydrogen (secondary N) is 4. The topological polar surface area (TPSA) is 57.4 Å². The lowest BCUT2D eigenvalue weighted by molar-refractivity contribution is 0.340. The van der Waals surface area contributed by atoms with Gasteiger partial charge < -0.3 is 15.4 Å². The summed E-state index contributed by atoms with van der Waals surface area (Å²) in [7, 11) is 0. The Balaban J connectivity index is 1.84. The van der Waals surface area contributed by atoms with Crippen LogP contribution < -0.4 is 26.2 Å². The van der Waals surface area contributed by atoms with Gasteiger partial charge in [0.05, 0.1) is 17.3 Å². The van der Waals surface area contributed by atoms with Gasteiger partial charge in [-0.15, -0.1) is 0 Å². The highest BCUT2D eigenvalue weighted by molar-refractivity contribution is 7.81. The van der Waals surface area contributed by atoms with Gasteiger partial charge in [-0.1, -0.05) is 17.7 Å². The molecule has 0 atom stereocenters. The normalized spacial score (nSPS) is 10.0. The maximum atomic E-state index is 6.27. The molecule has 0 saturated carbocycles. The van der Waals surface area contributed by atoms with E-state index in [2.05, 4.69) is 21.5 Å². The molecule has 0 aromatic heterocycles. The number of anilines is 2. The van der Waals surface area contributed by atoms with Gasteiger partial charge in [0.1, 0.15) is 5.75 Å². The third-order valence-corrected chi connectivity index (χ3v) is 4.09. The van der Waals surface area contributed by atoms with E-state index in [0.29, 0.717) is 21.9 Å². The Labute approximate surface area is 169 Å². The molecule has 138 valence electrons. The number of halogens is 1. The molecule has 4 N–H and O–H groups in total. The number of thiocarbonyl (C=S) groups is 2. The van der Waals surface area contributed by atoms with Crippen molar-refractivity contribution in [2.45, 2.75) is 20.8 Å². The van der Waals surface area contributed by atoms with Crippen LogP contribution >= 0.6 is 36.0 Å². The highest BCUT2D eigenvalue weighted by atomic mass is 35.5. The van der Waals surface area contributed by atoms with Crippen molar-refractivity contribution in [2.24, 2.45) is 0 Å². The molecule has 26 heavy (non-hydrogen) atoms. The van der Waals surface area contributed by atoms with E-state index < -0.39 is 0 Å². The van der Waals surface area contributed by atoms with Gasteiger partial charge in [0.25, 0.3) is 0 Å². The van der Waals surface area contributed by atoms with Crippen molar-refractivity contribution in [3.63, 3.8) is 0 Å². The first-order valence-corrected chi connectivity index (χ1v) is 9.22. The second kappa shape index (κ2) is 9.56. The molecule has 8 heteroatoms. The van der Waals surface area contributed by atoms with Crippen molar-refractivity contribution in [3.05, 3.63) is 52.5 Å². The fourth-order valence-electron chi connectivity index (χ4n) is 2.30. The van der Waals surface area contributed by atoms with Crippen molar-refractivity contribution in [2.75, 3.05) is 17.2 Å². The Morgan fingerprint density at radius 2 is 1.62 bits per heavy atom. The second-order valence-electron chi connectivity index (χ2n) is 5.55. The van der Waals surface area contributed by atoms with Crippen LogP contribution in [-0.4, -0.2) is 16.8 Å². The minimum absolute atomic E-state index is 0.356. The molecule has 0 spiro atoms. The summed E-state index contributed by atoms with van der Waals surface area (Å²) in [4.78, 5) is 0. The zero-order chi connectivity index (χ0) is 19.1. The summed E-state index contributed by atoms with van der Waals surface area (Å²) < 4.78 is 5.40. The highest BCUT2D eigenvalue weighted by Crippen LogP contribution is 2.27. The molecule has 0 amide bonds. The number of rotatable bonds is 4. The van der Waals surface area contributed by atoms with E-state index in [0.717, 1.165) is 28.3 Å². The summed E-state index contributed by atoms with van der Waals surface area (Å²) in [5.41, 5.74) is 9.37. The zero-order valence-electron chi connectivity index (χ0n) is 14.8. The van der Waals surface area contributed by atoms with Crippen LogP contribution in [-0.2, 0) is 0 Å². The SMILES string of the molecule is CCOc1ccc(NC(=S)NNC(=S)Nc2c(C)cc(C)cc2Cl)cc1. The number of aryl methyl sites for hydroxylation is 2. The smallest absolute Gasteiger partial charge is 0.189 e. The van der Waals surface area contributed by atoms with E-state index in [9.17, 15) is 0 Å². The molecule has 0 aliphatic rings. The van der Waals surface area contributed by atoms with Crippen molar-refractivity contribution in [1.29, 1.82) is 0 Å². The lowest BCUT2D eigenvalue weighted by Gasteiger charge is -2.16. The average Bonchev–Trinajstić information content (AvgIpc) is 2.58. The number of ether oxygens (including phenoxy) is 1. The van der Waals surface area contributed by atoms with Crippen LogP contribution in [0.4, 0.5) is 11.4 Å². The Morgan fingerprint density at radius 1 is 1.00 bits per heavy atom. The fraction of sp³-hybridized carbons (Fsp3) is 0.222. The van der Waals surface area contributed by atoms with E-state index in [1.807, 2.05) is 57.2 Å². The van der Waals surface area contributed by atoms with Crippen LogP contribution in [0.2, 0.25) is 5.02 Å². The number of hydrazine groups is 1.